The van der Waals surface area contributed by atoms with Crippen molar-refractivity contribution in [2.24, 2.45) is 11.3 Å². The fourth-order valence-electron chi connectivity index (χ4n) is 4.13. The van der Waals surface area contributed by atoms with Crippen LogP contribution in [0.25, 0.3) is 0 Å². The Morgan fingerprint density at radius 2 is 2.04 bits per heavy atom. The second-order valence-electron chi connectivity index (χ2n) is 7.65. The van der Waals surface area contributed by atoms with Gasteiger partial charge < -0.3 is 19.5 Å². The molecule has 2 heterocycles. The summed E-state index contributed by atoms with van der Waals surface area (Å²) in [6.45, 7) is 2.51. The molecule has 0 spiro atoms. The number of rotatable bonds is 5. The normalized spacial score (nSPS) is 24.1. The maximum Gasteiger partial charge on any atom is 0.253 e. The molecule has 2 saturated heterocycles. The van der Waals surface area contributed by atoms with Gasteiger partial charge in [0.1, 0.15) is 18.2 Å². The van der Waals surface area contributed by atoms with Crippen LogP contribution < -0.4 is 4.74 Å². The van der Waals surface area contributed by atoms with Gasteiger partial charge in [0.05, 0.1) is 13.2 Å². The summed E-state index contributed by atoms with van der Waals surface area (Å²) in [4.78, 5) is 14.7. The molecule has 0 saturated carbocycles. The second-order valence-corrected chi connectivity index (χ2v) is 7.65. The van der Waals surface area contributed by atoms with Crippen LogP contribution in [0.15, 0.2) is 48.5 Å². The van der Waals surface area contributed by atoms with Crippen molar-refractivity contribution in [3.05, 3.63) is 65.5 Å². The van der Waals surface area contributed by atoms with Crippen LogP contribution in [-0.2, 0) is 11.3 Å². The first-order valence-corrected chi connectivity index (χ1v) is 9.55. The highest BCUT2D eigenvalue weighted by atomic mass is 19.1. The van der Waals surface area contributed by atoms with E-state index in [1.54, 1.807) is 42.5 Å². The lowest BCUT2D eigenvalue weighted by atomic mass is 9.76. The Kier molecular flexibility index (Phi) is 5.33. The smallest absolute Gasteiger partial charge is 0.253 e. The molecular formula is C22H24FNO4. The molecule has 1 N–H and O–H groups in total. The van der Waals surface area contributed by atoms with Gasteiger partial charge in [-0.05, 0) is 42.7 Å². The van der Waals surface area contributed by atoms with E-state index in [0.717, 1.165) is 6.42 Å². The number of carbonyl (C=O) groups excluding carboxylic acids is 1. The average Bonchev–Trinajstić information content (AvgIpc) is 3.13. The van der Waals surface area contributed by atoms with Crippen LogP contribution in [0, 0.1) is 17.2 Å². The molecule has 2 aliphatic rings. The molecule has 2 aliphatic heterocycles. The van der Waals surface area contributed by atoms with Crippen LogP contribution in [0.4, 0.5) is 4.39 Å². The van der Waals surface area contributed by atoms with Crippen molar-refractivity contribution < 1.29 is 23.8 Å². The minimum Gasteiger partial charge on any atom is -0.489 e. The van der Waals surface area contributed by atoms with Gasteiger partial charge in [-0.25, -0.2) is 4.39 Å². The third-order valence-corrected chi connectivity index (χ3v) is 5.87. The lowest BCUT2D eigenvalue weighted by Gasteiger charge is -2.36. The molecule has 5 nitrogen and oxygen atoms in total. The number of likely N-dealkylation sites (tertiary alicyclic amines) is 1. The number of ether oxygens (including phenoxy) is 2. The van der Waals surface area contributed by atoms with Crippen molar-refractivity contribution in [1.29, 1.82) is 0 Å². The number of fused-ring (bicyclic) bond motifs is 1. The maximum atomic E-state index is 13.7. The predicted molar refractivity (Wildman–Crippen MR) is 102 cm³/mol. The van der Waals surface area contributed by atoms with Gasteiger partial charge in [0.15, 0.2) is 0 Å². The molecule has 148 valence electrons. The van der Waals surface area contributed by atoms with Gasteiger partial charge in [-0.1, -0.05) is 18.2 Å². The van der Waals surface area contributed by atoms with E-state index in [1.807, 2.05) is 4.90 Å². The summed E-state index contributed by atoms with van der Waals surface area (Å²) >= 11 is 0. The van der Waals surface area contributed by atoms with E-state index in [4.69, 9.17) is 9.47 Å². The summed E-state index contributed by atoms with van der Waals surface area (Å²) in [6.07, 6.45) is 0.868. The topological polar surface area (TPSA) is 59.0 Å². The molecule has 0 bridgehead atoms. The van der Waals surface area contributed by atoms with Gasteiger partial charge in [0.2, 0.25) is 0 Å². The van der Waals surface area contributed by atoms with Crippen LogP contribution in [-0.4, -0.2) is 48.8 Å². The molecular weight excluding hydrogens is 361 g/mol. The van der Waals surface area contributed by atoms with Gasteiger partial charge >= 0.3 is 0 Å². The molecule has 0 unspecified atom stereocenters. The lowest BCUT2D eigenvalue weighted by Crippen LogP contribution is -2.43. The molecule has 0 aromatic heterocycles. The van der Waals surface area contributed by atoms with Gasteiger partial charge in [-0.15, -0.1) is 0 Å². The minimum absolute atomic E-state index is 0.0320. The van der Waals surface area contributed by atoms with E-state index in [-0.39, 0.29) is 36.3 Å². The zero-order chi connectivity index (χ0) is 19.6. The van der Waals surface area contributed by atoms with Crippen molar-refractivity contribution in [3.63, 3.8) is 0 Å². The number of hydrogen-bond donors (Lipinski definition) is 1. The largest absolute Gasteiger partial charge is 0.489 e. The van der Waals surface area contributed by atoms with Crippen molar-refractivity contribution >= 4 is 5.91 Å². The summed E-state index contributed by atoms with van der Waals surface area (Å²) in [5.74, 6) is 0.503. The number of halogens is 1. The maximum absolute atomic E-state index is 13.7. The van der Waals surface area contributed by atoms with E-state index >= 15 is 0 Å². The Morgan fingerprint density at radius 1 is 1.25 bits per heavy atom. The first-order valence-electron chi connectivity index (χ1n) is 9.55. The molecule has 28 heavy (non-hydrogen) atoms. The predicted octanol–water partition coefficient (Wildman–Crippen LogP) is 2.88. The molecule has 2 aromatic carbocycles. The van der Waals surface area contributed by atoms with Crippen molar-refractivity contribution in [2.45, 2.75) is 13.0 Å². The highest BCUT2D eigenvalue weighted by molar-refractivity contribution is 5.94. The average molecular weight is 385 g/mol. The molecule has 2 aromatic rings. The van der Waals surface area contributed by atoms with Gasteiger partial charge in [-0.2, -0.15) is 0 Å². The van der Waals surface area contributed by atoms with E-state index < -0.39 is 0 Å². The Hall–Kier alpha value is -2.44. The highest BCUT2D eigenvalue weighted by Crippen LogP contribution is 2.41. The third kappa shape index (κ3) is 3.62. The standard InChI is InChI=1S/C22H24FNO4/c23-20-4-2-1-3-17(20)12-28-19-7-5-16(6-8-19)21(26)24-11-18-9-10-27-15-22(18,13-24)14-25/h1-8,18,25H,9-15H2/t18-,22+/m0/s1. The number of benzene rings is 2. The van der Waals surface area contributed by atoms with Gasteiger partial charge in [-0.3, -0.25) is 4.79 Å². The molecule has 0 aliphatic carbocycles. The Morgan fingerprint density at radius 3 is 2.75 bits per heavy atom. The fraction of sp³-hybridized carbons (Fsp3) is 0.409. The minimum atomic E-state index is -0.337. The Labute approximate surface area is 163 Å². The van der Waals surface area contributed by atoms with Crippen LogP contribution in [0.3, 0.4) is 0 Å². The first-order chi connectivity index (χ1) is 13.6. The fourth-order valence-corrected chi connectivity index (χ4v) is 4.13. The van der Waals surface area contributed by atoms with Crippen LogP contribution in [0.1, 0.15) is 22.3 Å². The Bertz CT molecular complexity index is 841. The molecule has 0 radical (unpaired) electrons. The number of aliphatic hydroxyl groups excluding tert-OH is 1. The number of aliphatic hydroxyl groups is 1. The third-order valence-electron chi connectivity index (χ3n) is 5.87. The molecule has 2 atom stereocenters. The molecule has 6 heteroatoms. The summed E-state index contributed by atoms with van der Waals surface area (Å²) < 4.78 is 24.9. The first kappa shape index (κ1) is 18.9. The van der Waals surface area contributed by atoms with Gasteiger partial charge in [0, 0.05) is 36.2 Å². The van der Waals surface area contributed by atoms with Crippen molar-refractivity contribution in [3.8, 4) is 5.75 Å². The van der Waals surface area contributed by atoms with Crippen molar-refractivity contribution in [2.75, 3.05) is 32.9 Å². The zero-order valence-electron chi connectivity index (χ0n) is 15.6. The monoisotopic (exact) mass is 385 g/mol. The van der Waals surface area contributed by atoms with E-state index in [9.17, 15) is 14.3 Å². The van der Waals surface area contributed by atoms with E-state index in [1.165, 1.54) is 6.07 Å². The summed E-state index contributed by atoms with van der Waals surface area (Å²) in [5.41, 5.74) is 0.723. The van der Waals surface area contributed by atoms with Crippen molar-refractivity contribution in [1.82, 2.24) is 4.90 Å². The molecule has 4 rings (SSSR count). The SMILES string of the molecule is O=C(c1ccc(OCc2ccccc2F)cc1)N1C[C@@H]2CCOC[C@]2(CO)C1. The quantitative estimate of drug-likeness (QED) is 0.860. The lowest BCUT2D eigenvalue weighted by molar-refractivity contribution is -0.0556. The van der Waals surface area contributed by atoms with E-state index in [0.29, 0.717) is 43.2 Å². The second kappa shape index (κ2) is 7.89. The number of carbonyl (C=O) groups is 1. The number of amides is 1. The molecule has 1 amide bonds. The van der Waals surface area contributed by atoms with E-state index in [2.05, 4.69) is 0 Å². The summed E-state index contributed by atoms with van der Waals surface area (Å²) in [5, 5.41) is 9.87. The Balaban J connectivity index is 1.40. The number of hydrogen-bond acceptors (Lipinski definition) is 4. The number of nitrogens with zero attached hydrogens (tertiary/aromatic N) is 1. The van der Waals surface area contributed by atoms with Crippen LogP contribution >= 0.6 is 0 Å². The van der Waals surface area contributed by atoms with Crippen LogP contribution in [0.5, 0.6) is 5.75 Å². The zero-order valence-corrected chi connectivity index (χ0v) is 15.6. The highest BCUT2D eigenvalue weighted by Gasteiger charge is 2.49. The summed E-state index contributed by atoms with van der Waals surface area (Å²) in [7, 11) is 0. The summed E-state index contributed by atoms with van der Waals surface area (Å²) in [6, 6.07) is 13.4. The van der Waals surface area contributed by atoms with Crippen LogP contribution in [0.2, 0.25) is 0 Å². The van der Waals surface area contributed by atoms with Gasteiger partial charge in [0.25, 0.3) is 5.91 Å². The molecule has 2 fully saturated rings.